The molecule has 0 bridgehead atoms. The minimum absolute atomic E-state index is 0.261. The smallest absolute Gasteiger partial charge is 0.231 e. The second-order valence-corrected chi connectivity index (χ2v) is 7.42. The maximum Gasteiger partial charge on any atom is 0.231 e. The van der Waals surface area contributed by atoms with Crippen molar-refractivity contribution in [3.05, 3.63) is 69.7 Å². The summed E-state index contributed by atoms with van der Waals surface area (Å²) in [5, 5.41) is 2.95. The minimum Gasteiger partial charge on any atom is -0.454 e. The van der Waals surface area contributed by atoms with Gasteiger partial charge in [-0.05, 0) is 29.8 Å². The third kappa shape index (κ3) is 3.77. The van der Waals surface area contributed by atoms with Crippen LogP contribution in [0.4, 0.5) is 8.78 Å². The molecular weight excluding hydrogens is 364 g/mol. The maximum atomic E-state index is 13.7. The summed E-state index contributed by atoms with van der Waals surface area (Å²) < 4.78 is 37.3. The van der Waals surface area contributed by atoms with E-state index in [1.807, 2.05) is 23.6 Å². The van der Waals surface area contributed by atoms with Crippen LogP contribution in [0.25, 0.3) is 0 Å². The Labute approximate surface area is 151 Å². The summed E-state index contributed by atoms with van der Waals surface area (Å²) in [7, 11) is 0. The number of nitrogens with zero attached hydrogens (tertiary/aromatic N) is 1. The first-order valence-corrected chi connectivity index (χ1v) is 9.43. The fourth-order valence-electron chi connectivity index (χ4n) is 2.47. The molecular formula is C18H13F2NO2S2. The Morgan fingerprint density at radius 1 is 1.08 bits per heavy atom. The Balaban J connectivity index is 1.40. The molecule has 0 radical (unpaired) electrons. The van der Waals surface area contributed by atoms with Gasteiger partial charge in [0, 0.05) is 28.5 Å². The van der Waals surface area contributed by atoms with Gasteiger partial charge in [0.25, 0.3) is 0 Å². The van der Waals surface area contributed by atoms with Gasteiger partial charge >= 0.3 is 0 Å². The van der Waals surface area contributed by atoms with Gasteiger partial charge in [0.2, 0.25) is 6.79 Å². The molecule has 1 aromatic heterocycles. The van der Waals surface area contributed by atoms with Crippen molar-refractivity contribution >= 4 is 23.1 Å². The zero-order valence-electron chi connectivity index (χ0n) is 13.0. The number of ether oxygens (including phenoxy) is 2. The summed E-state index contributed by atoms with van der Waals surface area (Å²) in [6, 6.07) is 9.48. The van der Waals surface area contributed by atoms with Crippen molar-refractivity contribution in [2.75, 3.05) is 6.79 Å². The van der Waals surface area contributed by atoms with E-state index < -0.39 is 11.6 Å². The Hall–Kier alpha value is -2.12. The molecule has 7 heteroatoms. The molecule has 1 aliphatic rings. The van der Waals surface area contributed by atoms with Gasteiger partial charge in [-0.2, -0.15) is 0 Å². The van der Waals surface area contributed by atoms with E-state index in [0.29, 0.717) is 17.1 Å². The molecule has 1 aliphatic heterocycles. The number of hydrogen-bond acceptors (Lipinski definition) is 5. The van der Waals surface area contributed by atoms with E-state index in [4.69, 9.17) is 9.47 Å². The van der Waals surface area contributed by atoms with Crippen LogP contribution in [-0.2, 0) is 12.2 Å². The SMILES string of the molecule is Fc1ccc(SCc2csc(Cc3ccc4c(c3)OCO4)n2)c(F)c1. The monoisotopic (exact) mass is 377 g/mol. The lowest BCUT2D eigenvalue weighted by Crippen LogP contribution is -1.93. The van der Waals surface area contributed by atoms with Crippen molar-refractivity contribution in [1.29, 1.82) is 0 Å². The number of thiazole rings is 1. The third-order valence-electron chi connectivity index (χ3n) is 3.66. The number of hydrogen-bond donors (Lipinski definition) is 0. The highest BCUT2D eigenvalue weighted by atomic mass is 32.2. The number of aromatic nitrogens is 1. The van der Waals surface area contributed by atoms with E-state index >= 15 is 0 Å². The Kier molecular flexibility index (Phi) is 4.59. The molecule has 3 nitrogen and oxygen atoms in total. The molecule has 2 aromatic carbocycles. The Bertz CT molecular complexity index is 914. The summed E-state index contributed by atoms with van der Waals surface area (Å²) in [4.78, 5) is 5.01. The number of thioether (sulfide) groups is 1. The molecule has 0 N–H and O–H groups in total. The van der Waals surface area contributed by atoms with E-state index in [9.17, 15) is 8.78 Å². The number of benzene rings is 2. The first-order chi connectivity index (χ1) is 12.2. The molecule has 0 amide bonds. The van der Waals surface area contributed by atoms with Gasteiger partial charge in [0.15, 0.2) is 11.5 Å². The van der Waals surface area contributed by atoms with Gasteiger partial charge < -0.3 is 9.47 Å². The lowest BCUT2D eigenvalue weighted by molar-refractivity contribution is 0.174. The number of halogens is 2. The summed E-state index contributed by atoms with van der Waals surface area (Å²) in [5.74, 6) is 0.959. The van der Waals surface area contributed by atoms with Crippen LogP contribution in [0, 0.1) is 11.6 Å². The minimum atomic E-state index is -0.568. The van der Waals surface area contributed by atoms with Crippen molar-refractivity contribution in [3.8, 4) is 11.5 Å². The van der Waals surface area contributed by atoms with Gasteiger partial charge in [0.1, 0.15) is 11.6 Å². The molecule has 0 fully saturated rings. The van der Waals surface area contributed by atoms with Gasteiger partial charge in [-0.3, -0.25) is 0 Å². The van der Waals surface area contributed by atoms with Crippen molar-refractivity contribution in [2.24, 2.45) is 0 Å². The van der Waals surface area contributed by atoms with E-state index in [0.717, 1.165) is 33.8 Å². The molecule has 0 aliphatic carbocycles. The van der Waals surface area contributed by atoms with Crippen LogP contribution in [0.3, 0.4) is 0 Å². The van der Waals surface area contributed by atoms with Crippen LogP contribution in [0.15, 0.2) is 46.7 Å². The molecule has 0 saturated heterocycles. The van der Waals surface area contributed by atoms with Gasteiger partial charge in [-0.1, -0.05) is 6.07 Å². The Morgan fingerprint density at radius 2 is 1.96 bits per heavy atom. The summed E-state index contributed by atoms with van der Waals surface area (Å²) in [6.45, 7) is 0.261. The Morgan fingerprint density at radius 3 is 2.84 bits per heavy atom. The van der Waals surface area contributed by atoms with Crippen LogP contribution in [0.2, 0.25) is 0 Å². The van der Waals surface area contributed by atoms with Crippen molar-refractivity contribution in [1.82, 2.24) is 4.98 Å². The molecule has 0 atom stereocenters. The molecule has 2 heterocycles. The van der Waals surface area contributed by atoms with Crippen LogP contribution in [0.1, 0.15) is 16.3 Å². The highest BCUT2D eigenvalue weighted by Gasteiger charge is 2.14. The lowest BCUT2D eigenvalue weighted by Gasteiger charge is -2.02. The molecule has 3 aromatic rings. The summed E-state index contributed by atoms with van der Waals surface area (Å²) >= 11 is 2.88. The highest BCUT2D eigenvalue weighted by Crippen LogP contribution is 2.33. The quantitative estimate of drug-likeness (QED) is 0.584. The molecule has 128 valence electrons. The van der Waals surface area contributed by atoms with E-state index in [1.54, 1.807) is 11.3 Å². The fourth-order valence-corrected chi connectivity index (χ4v) is 4.21. The first-order valence-electron chi connectivity index (χ1n) is 7.57. The molecule has 0 spiro atoms. The van der Waals surface area contributed by atoms with E-state index in [1.165, 1.54) is 23.9 Å². The van der Waals surface area contributed by atoms with Crippen molar-refractivity contribution in [3.63, 3.8) is 0 Å². The average molecular weight is 377 g/mol. The molecule has 0 saturated carbocycles. The van der Waals surface area contributed by atoms with E-state index in [2.05, 4.69) is 4.98 Å². The topological polar surface area (TPSA) is 31.4 Å². The van der Waals surface area contributed by atoms with Gasteiger partial charge in [-0.15, -0.1) is 23.1 Å². The average Bonchev–Trinajstić information content (AvgIpc) is 3.23. The highest BCUT2D eigenvalue weighted by molar-refractivity contribution is 7.98. The predicted molar refractivity (Wildman–Crippen MR) is 93.4 cm³/mol. The van der Waals surface area contributed by atoms with Crippen LogP contribution >= 0.6 is 23.1 Å². The normalized spacial score (nSPS) is 12.6. The number of fused-ring (bicyclic) bond motifs is 1. The van der Waals surface area contributed by atoms with Crippen LogP contribution < -0.4 is 9.47 Å². The third-order valence-corrected chi connectivity index (χ3v) is 5.64. The van der Waals surface area contributed by atoms with Gasteiger partial charge in [0.05, 0.1) is 10.7 Å². The fraction of sp³-hybridized carbons (Fsp3) is 0.167. The maximum absolute atomic E-state index is 13.7. The van der Waals surface area contributed by atoms with Crippen molar-refractivity contribution < 1.29 is 18.3 Å². The van der Waals surface area contributed by atoms with Crippen LogP contribution in [-0.4, -0.2) is 11.8 Å². The zero-order valence-corrected chi connectivity index (χ0v) is 14.6. The zero-order chi connectivity index (χ0) is 17.2. The van der Waals surface area contributed by atoms with Crippen molar-refractivity contribution in [2.45, 2.75) is 17.1 Å². The first kappa shape index (κ1) is 16.4. The summed E-state index contributed by atoms with van der Waals surface area (Å²) in [5.41, 5.74) is 1.98. The lowest BCUT2D eigenvalue weighted by atomic mass is 10.1. The van der Waals surface area contributed by atoms with Crippen LogP contribution in [0.5, 0.6) is 11.5 Å². The predicted octanol–water partition coefficient (Wildman–Crippen LogP) is 5.03. The standard InChI is InChI=1S/C18H13F2NO2S2/c19-12-2-4-17(14(20)7-12)24-8-13-9-25-18(21-13)6-11-1-3-15-16(5-11)23-10-22-15/h1-5,7,9H,6,8,10H2. The summed E-state index contributed by atoms with van der Waals surface area (Å²) in [6.07, 6.45) is 0.705. The second-order valence-electron chi connectivity index (χ2n) is 5.46. The van der Waals surface area contributed by atoms with E-state index in [-0.39, 0.29) is 6.79 Å². The molecule has 0 unspecified atom stereocenters. The second kappa shape index (κ2) is 7.01. The number of rotatable bonds is 5. The molecule has 25 heavy (non-hydrogen) atoms. The van der Waals surface area contributed by atoms with Gasteiger partial charge in [-0.25, -0.2) is 13.8 Å². The molecule has 4 rings (SSSR count). The largest absolute Gasteiger partial charge is 0.454 e.